The van der Waals surface area contributed by atoms with E-state index in [9.17, 15) is 0 Å². The molecule has 2 atom stereocenters. The monoisotopic (exact) mass is 220 g/mol. The standard InChI is InChI=1S/C12H20N4/c1-12(7-3-2-5-9(12)13)11-15-14-10-6-4-8-16(10)11/h9H,2-8,13H2,1H3. The molecule has 1 aromatic rings. The molecule has 2 N–H and O–H groups in total. The molecular formula is C12H20N4. The number of nitrogens with zero attached hydrogens (tertiary/aromatic N) is 3. The normalized spacial score (nSPS) is 34.0. The molecule has 0 aromatic carbocycles. The van der Waals surface area contributed by atoms with Crippen molar-refractivity contribution in [2.24, 2.45) is 5.73 Å². The molecule has 1 aliphatic heterocycles. The summed E-state index contributed by atoms with van der Waals surface area (Å²) in [7, 11) is 0. The zero-order valence-corrected chi connectivity index (χ0v) is 9.95. The molecule has 0 saturated heterocycles. The Morgan fingerprint density at radius 3 is 3.00 bits per heavy atom. The van der Waals surface area contributed by atoms with Crippen molar-refractivity contribution in [1.82, 2.24) is 14.8 Å². The predicted molar refractivity (Wildman–Crippen MR) is 62.1 cm³/mol. The summed E-state index contributed by atoms with van der Waals surface area (Å²) in [5.74, 6) is 2.31. The Balaban J connectivity index is 2.01. The van der Waals surface area contributed by atoms with Gasteiger partial charge in [-0.15, -0.1) is 10.2 Å². The summed E-state index contributed by atoms with van der Waals surface area (Å²) < 4.78 is 2.31. The summed E-state index contributed by atoms with van der Waals surface area (Å²) in [6.07, 6.45) is 7.11. The summed E-state index contributed by atoms with van der Waals surface area (Å²) >= 11 is 0. The Morgan fingerprint density at radius 1 is 1.31 bits per heavy atom. The Bertz CT molecular complexity index is 398. The second-order valence-corrected chi connectivity index (χ2v) is 5.46. The Hall–Kier alpha value is -0.900. The van der Waals surface area contributed by atoms with Gasteiger partial charge < -0.3 is 10.3 Å². The van der Waals surface area contributed by atoms with E-state index >= 15 is 0 Å². The molecule has 2 unspecified atom stereocenters. The van der Waals surface area contributed by atoms with Crippen LogP contribution in [0.15, 0.2) is 0 Å². The number of hydrogen-bond acceptors (Lipinski definition) is 3. The minimum absolute atomic E-state index is 0.0494. The average molecular weight is 220 g/mol. The molecule has 4 nitrogen and oxygen atoms in total. The highest BCUT2D eigenvalue weighted by Crippen LogP contribution is 2.38. The van der Waals surface area contributed by atoms with Crippen LogP contribution in [0.4, 0.5) is 0 Å². The second-order valence-electron chi connectivity index (χ2n) is 5.46. The molecule has 88 valence electrons. The maximum absolute atomic E-state index is 6.32. The van der Waals surface area contributed by atoms with Gasteiger partial charge >= 0.3 is 0 Å². The van der Waals surface area contributed by atoms with E-state index < -0.39 is 0 Å². The average Bonchev–Trinajstić information content (AvgIpc) is 2.83. The van der Waals surface area contributed by atoms with Crippen molar-refractivity contribution >= 4 is 0 Å². The first kappa shape index (κ1) is 10.3. The summed E-state index contributed by atoms with van der Waals surface area (Å²) in [6, 6.07) is 0.246. The van der Waals surface area contributed by atoms with Gasteiger partial charge in [0.15, 0.2) is 0 Å². The van der Waals surface area contributed by atoms with Crippen LogP contribution < -0.4 is 5.73 Å². The van der Waals surface area contributed by atoms with Gasteiger partial charge in [-0.05, 0) is 19.3 Å². The third kappa shape index (κ3) is 1.32. The van der Waals surface area contributed by atoms with E-state index in [-0.39, 0.29) is 11.5 Å². The van der Waals surface area contributed by atoms with Crippen LogP contribution >= 0.6 is 0 Å². The van der Waals surface area contributed by atoms with Crippen molar-refractivity contribution in [3.63, 3.8) is 0 Å². The highest BCUT2D eigenvalue weighted by atomic mass is 15.3. The molecule has 0 spiro atoms. The minimum atomic E-state index is 0.0494. The molecule has 1 saturated carbocycles. The van der Waals surface area contributed by atoms with Crippen LogP contribution in [-0.2, 0) is 18.4 Å². The van der Waals surface area contributed by atoms with E-state index in [1.807, 2.05) is 0 Å². The highest BCUT2D eigenvalue weighted by Gasteiger charge is 2.41. The van der Waals surface area contributed by atoms with Crippen LogP contribution in [0.3, 0.4) is 0 Å². The Kier molecular flexibility index (Phi) is 2.28. The smallest absolute Gasteiger partial charge is 0.140 e. The van der Waals surface area contributed by atoms with E-state index in [1.165, 1.54) is 19.3 Å². The fourth-order valence-corrected chi connectivity index (χ4v) is 3.21. The fourth-order valence-electron chi connectivity index (χ4n) is 3.21. The second kappa shape index (κ2) is 3.55. The molecule has 3 rings (SSSR count). The number of aromatic nitrogens is 3. The zero-order chi connectivity index (χ0) is 11.2. The van der Waals surface area contributed by atoms with Crippen molar-refractivity contribution in [2.75, 3.05) is 0 Å². The van der Waals surface area contributed by atoms with E-state index in [1.54, 1.807) is 0 Å². The quantitative estimate of drug-likeness (QED) is 0.778. The van der Waals surface area contributed by atoms with Gasteiger partial charge in [0.05, 0.1) is 0 Å². The zero-order valence-electron chi connectivity index (χ0n) is 9.95. The van der Waals surface area contributed by atoms with Gasteiger partial charge in [-0.25, -0.2) is 0 Å². The molecule has 0 radical (unpaired) electrons. The van der Waals surface area contributed by atoms with Crippen molar-refractivity contribution in [2.45, 2.75) is 63.5 Å². The fraction of sp³-hybridized carbons (Fsp3) is 0.833. The summed E-state index contributed by atoms with van der Waals surface area (Å²) in [4.78, 5) is 0. The first-order chi connectivity index (χ1) is 7.72. The lowest BCUT2D eigenvalue weighted by molar-refractivity contribution is 0.251. The molecule has 2 aliphatic rings. The van der Waals surface area contributed by atoms with E-state index in [4.69, 9.17) is 5.73 Å². The SMILES string of the molecule is CC1(c2nnc3n2CCC3)CCCCC1N. The molecule has 4 heteroatoms. The van der Waals surface area contributed by atoms with Gasteiger partial charge in [-0.1, -0.05) is 19.8 Å². The van der Waals surface area contributed by atoms with Crippen molar-refractivity contribution in [1.29, 1.82) is 0 Å². The summed E-state index contributed by atoms with van der Waals surface area (Å²) in [6.45, 7) is 3.35. The number of aryl methyl sites for hydroxylation is 1. The molecule has 2 heterocycles. The van der Waals surface area contributed by atoms with Crippen LogP contribution in [0, 0.1) is 0 Å². The largest absolute Gasteiger partial charge is 0.327 e. The lowest BCUT2D eigenvalue weighted by Crippen LogP contribution is -2.47. The third-order valence-electron chi connectivity index (χ3n) is 4.40. The van der Waals surface area contributed by atoms with Crippen LogP contribution in [-0.4, -0.2) is 20.8 Å². The maximum Gasteiger partial charge on any atom is 0.140 e. The van der Waals surface area contributed by atoms with Crippen molar-refractivity contribution in [3.8, 4) is 0 Å². The third-order valence-corrected chi connectivity index (χ3v) is 4.40. The summed E-state index contributed by atoms with van der Waals surface area (Å²) in [5.41, 5.74) is 6.37. The van der Waals surface area contributed by atoms with Gasteiger partial charge in [0.25, 0.3) is 0 Å². The van der Waals surface area contributed by atoms with Gasteiger partial charge in [0.1, 0.15) is 11.6 Å². The highest BCUT2D eigenvalue weighted by molar-refractivity contribution is 5.16. The maximum atomic E-state index is 6.32. The van der Waals surface area contributed by atoms with Gasteiger partial charge in [0, 0.05) is 24.4 Å². The topological polar surface area (TPSA) is 56.7 Å². The van der Waals surface area contributed by atoms with Gasteiger partial charge in [-0.2, -0.15) is 0 Å². The number of fused-ring (bicyclic) bond motifs is 1. The first-order valence-electron chi connectivity index (χ1n) is 6.40. The van der Waals surface area contributed by atoms with Crippen LogP contribution in [0.1, 0.15) is 50.7 Å². The Morgan fingerprint density at radius 2 is 2.19 bits per heavy atom. The lowest BCUT2D eigenvalue weighted by Gasteiger charge is -2.38. The van der Waals surface area contributed by atoms with Gasteiger partial charge in [-0.3, -0.25) is 0 Å². The van der Waals surface area contributed by atoms with Gasteiger partial charge in [0.2, 0.25) is 0 Å². The van der Waals surface area contributed by atoms with Crippen LogP contribution in [0.25, 0.3) is 0 Å². The van der Waals surface area contributed by atoms with E-state index in [0.717, 1.165) is 37.5 Å². The number of hydrogen-bond donors (Lipinski definition) is 1. The predicted octanol–water partition coefficient (Wildman–Crippen LogP) is 1.38. The number of rotatable bonds is 1. The first-order valence-corrected chi connectivity index (χ1v) is 6.40. The number of nitrogens with two attached hydrogens (primary N) is 1. The Labute approximate surface area is 96.2 Å². The van der Waals surface area contributed by atoms with Crippen molar-refractivity contribution in [3.05, 3.63) is 11.6 Å². The van der Waals surface area contributed by atoms with Crippen molar-refractivity contribution < 1.29 is 0 Å². The lowest BCUT2D eigenvalue weighted by atomic mass is 9.71. The molecule has 1 aromatic heterocycles. The summed E-state index contributed by atoms with van der Waals surface area (Å²) in [5, 5.41) is 8.73. The van der Waals surface area contributed by atoms with E-state index in [0.29, 0.717) is 0 Å². The molecular weight excluding hydrogens is 200 g/mol. The molecule has 0 bridgehead atoms. The molecule has 1 fully saturated rings. The van der Waals surface area contributed by atoms with Crippen LogP contribution in [0.2, 0.25) is 0 Å². The van der Waals surface area contributed by atoms with E-state index in [2.05, 4.69) is 21.7 Å². The minimum Gasteiger partial charge on any atom is -0.327 e. The molecule has 16 heavy (non-hydrogen) atoms. The molecule has 1 aliphatic carbocycles. The molecule has 0 amide bonds. The van der Waals surface area contributed by atoms with Crippen LogP contribution in [0.5, 0.6) is 0 Å².